The number of esters is 1. The van der Waals surface area contributed by atoms with Gasteiger partial charge in [-0.1, -0.05) is 45.4 Å². The fourth-order valence-electron chi connectivity index (χ4n) is 2.47. The Balaban J connectivity index is 1.89. The molecule has 1 aliphatic carbocycles. The van der Waals surface area contributed by atoms with Crippen molar-refractivity contribution < 1.29 is 9.53 Å². The molecule has 1 fully saturated rings. The monoisotopic (exact) mass is 226 g/mol. The van der Waals surface area contributed by atoms with E-state index in [0.717, 1.165) is 18.8 Å². The Morgan fingerprint density at radius 2 is 1.94 bits per heavy atom. The van der Waals surface area contributed by atoms with Gasteiger partial charge in [0, 0.05) is 6.42 Å². The van der Waals surface area contributed by atoms with Crippen LogP contribution in [0.5, 0.6) is 0 Å². The molecule has 1 rings (SSSR count). The lowest BCUT2D eigenvalue weighted by Crippen LogP contribution is -2.08. The van der Waals surface area contributed by atoms with Crippen molar-refractivity contribution in [3.05, 3.63) is 0 Å². The second kappa shape index (κ2) is 8.60. The number of unbranched alkanes of at least 4 members (excludes halogenated alkanes) is 1. The van der Waals surface area contributed by atoms with Crippen molar-refractivity contribution in [3.8, 4) is 0 Å². The third kappa shape index (κ3) is 6.14. The first-order valence-corrected chi connectivity index (χ1v) is 6.98. The van der Waals surface area contributed by atoms with Crippen LogP contribution in [0.1, 0.15) is 71.1 Å². The predicted molar refractivity (Wildman–Crippen MR) is 66.3 cm³/mol. The molecule has 0 unspecified atom stereocenters. The van der Waals surface area contributed by atoms with E-state index in [9.17, 15) is 4.79 Å². The van der Waals surface area contributed by atoms with Crippen molar-refractivity contribution in [3.63, 3.8) is 0 Å². The van der Waals surface area contributed by atoms with E-state index in [1.54, 1.807) is 0 Å². The van der Waals surface area contributed by atoms with Crippen molar-refractivity contribution >= 4 is 5.97 Å². The van der Waals surface area contributed by atoms with Gasteiger partial charge in [0.1, 0.15) is 0 Å². The second-order valence-corrected chi connectivity index (χ2v) is 4.97. The third-order valence-electron chi connectivity index (χ3n) is 3.45. The summed E-state index contributed by atoms with van der Waals surface area (Å²) in [6.45, 7) is 2.63. The molecule has 2 nitrogen and oxygen atoms in total. The number of carbonyl (C=O) groups excluding carboxylic acids is 1. The average molecular weight is 226 g/mol. The Morgan fingerprint density at radius 3 is 2.62 bits per heavy atom. The van der Waals surface area contributed by atoms with E-state index in [-0.39, 0.29) is 5.97 Å². The first-order valence-electron chi connectivity index (χ1n) is 6.98. The SMILES string of the molecule is CCCC(=O)OCCCCC1CCCCC1. The first-order chi connectivity index (χ1) is 7.83. The fraction of sp³-hybridized carbons (Fsp3) is 0.929. The molecule has 1 saturated carbocycles. The molecule has 0 atom stereocenters. The van der Waals surface area contributed by atoms with Gasteiger partial charge in [-0.2, -0.15) is 0 Å². The van der Waals surface area contributed by atoms with Crippen molar-refractivity contribution in [1.82, 2.24) is 0 Å². The van der Waals surface area contributed by atoms with Gasteiger partial charge < -0.3 is 4.74 Å². The summed E-state index contributed by atoms with van der Waals surface area (Å²) in [5.74, 6) is 0.931. The fourth-order valence-corrected chi connectivity index (χ4v) is 2.47. The highest BCUT2D eigenvalue weighted by atomic mass is 16.5. The maximum Gasteiger partial charge on any atom is 0.305 e. The van der Waals surface area contributed by atoms with Gasteiger partial charge in [-0.3, -0.25) is 4.79 Å². The molecule has 94 valence electrons. The summed E-state index contributed by atoms with van der Waals surface area (Å²) < 4.78 is 5.13. The van der Waals surface area contributed by atoms with Crippen molar-refractivity contribution in [2.24, 2.45) is 5.92 Å². The molecule has 16 heavy (non-hydrogen) atoms. The molecule has 0 amide bonds. The summed E-state index contributed by atoms with van der Waals surface area (Å²) in [4.78, 5) is 11.1. The Morgan fingerprint density at radius 1 is 1.19 bits per heavy atom. The molecule has 0 aliphatic heterocycles. The molecular weight excluding hydrogens is 200 g/mol. The van der Waals surface area contributed by atoms with Crippen LogP contribution in [0.4, 0.5) is 0 Å². The summed E-state index contributed by atoms with van der Waals surface area (Å²) in [5.41, 5.74) is 0. The average Bonchev–Trinajstić information content (AvgIpc) is 2.30. The van der Waals surface area contributed by atoms with Gasteiger partial charge in [-0.05, 0) is 25.2 Å². The third-order valence-corrected chi connectivity index (χ3v) is 3.45. The van der Waals surface area contributed by atoms with Crippen LogP contribution in [-0.2, 0) is 9.53 Å². The molecule has 0 radical (unpaired) electrons. The maximum absolute atomic E-state index is 11.1. The van der Waals surface area contributed by atoms with E-state index in [2.05, 4.69) is 0 Å². The molecule has 0 aromatic heterocycles. The molecule has 0 saturated heterocycles. The minimum absolute atomic E-state index is 0.0276. The molecule has 0 N–H and O–H groups in total. The number of hydrogen-bond acceptors (Lipinski definition) is 2. The van der Waals surface area contributed by atoms with Gasteiger partial charge in [0.15, 0.2) is 0 Å². The van der Waals surface area contributed by atoms with Crippen LogP contribution in [-0.4, -0.2) is 12.6 Å². The van der Waals surface area contributed by atoms with Crippen LogP contribution in [0.2, 0.25) is 0 Å². The number of ether oxygens (including phenoxy) is 1. The van der Waals surface area contributed by atoms with E-state index in [4.69, 9.17) is 4.74 Å². The van der Waals surface area contributed by atoms with E-state index in [1.165, 1.54) is 44.9 Å². The summed E-state index contributed by atoms with van der Waals surface area (Å²) in [7, 11) is 0. The molecule has 1 aliphatic rings. The standard InChI is InChI=1S/C14H26O2/c1-2-8-14(15)16-12-7-6-11-13-9-4-3-5-10-13/h13H,2-12H2,1H3. The Bertz CT molecular complexity index is 183. The molecular formula is C14H26O2. The van der Waals surface area contributed by atoms with E-state index >= 15 is 0 Å². The largest absolute Gasteiger partial charge is 0.466 e. The smallest absolute Gasteiger partial charge is 0.305 e. The minimum atomic E-state index is -0.0276. The normalized spacial score (nSPS) is 17.3. The molecule has 0 aromatic rings. The molecule has 0 aromatic carbocycles. The summed E-state index contributed by atoms with van der Waals surface area (Å²) in [5, 5.41) is 0. The second-order valence-electron chi connectivity index (χ2n) is 4.97. The van der Waals surface area contributed by atoms with Crippen LogP contribution in [0, 0.1) is 5.92 Å². The van der Waals surface area contributed by atoms with Gasteiger partial charge in [0.2, 0.25) is 0 Å². The molecule has 2 heteroatoms. The lowest BCUT2D eigenvalue weighted by Gasteiger charge is -2.21. The predicted octanol–water partition coefficient (Wildman–Crippen LogP) is 4.08. The van der Waals surface area contributed by atoms with Crippen LogP contribution < -0.4 is 0 Å². The summed E-state index contributed by atoms with van der Waals surface area (Å²) in [6.07, 6.45) is 12.2. The minimum Gasteiger partial charge on any atom is -0.466 e. The zero-order valence-electron chi connectivity index (χ0n) is 10.7. The van der Waals surface area contributed by atoms with Crippen LogP contribution in [0.25, 0.3) is 0 Å². The van der Waals surface area contributed by atoms with Crippen LogP contribution >= 0.6 is 0 Å². The van der Waals surface area contributed by atoms with E-state index in [1.807, 2.05) is 6.92 Å². The Labute approximate surface area is 99.8 Å². The lowest BCUT2D eigenvalue weighted by atomic mass is 9.86. The Hall–Kier alpha value is -0.530. The zero-order chi connectivity index (χ0) is 11.6. The van der Waals surface area contributed by atoms with Crippen molar-refractivity contribution in [2.75, 3.05) is 6.61 Å². The van der Waals surface area contributed by atoms with Gasteiger partial charge in [-0.15, -0.1) is 0 Å². The lowest BCUT2D eigenvalue weighted by molar-refractivity contribution is -0.143. The quantitative estimate of drug-likeness (QED) is 0.483. The topological polar surface area (TPSA) is 26.3 Å². The number of carbonyl (C=O) groups is 1. The maximum atomic E-state index is 11.1. The van der Waals surface area contributed by atoms with Gasteiger partial charge in [-0.25, -0.2) is 0 Å². The van der Waals surface area contributed by atoms with Gasteiger partial charge in [0.25, 0.3) is 0 Å². The van der Waals surface area contributed by atoms with Crippen LogP contribution in [0.3, 0.4) is 0 Å². The highest BCUT2D eigenvalue weighted by molar-refractivity contribution is 5.69. The summed E-state index contributed by atoms with van der Waals surface area (Å²) in [6, 6.07) is 0. The highest BCUT2D eigenvalue weighted by Gasteiger charge is 2.12. The van der Waals surface area contributed by atoms with Crippen molar-refractivity contribution in [1.29, 1.82) is 0 Å². The van der Waals surface area contributed by atoms with Crippen molar-refractivity contribution in [2.45, 2.75) is 71.1 Å². The zero-order valence-corrected chi connectivity index (χ0v) is 10.7. The summed E-state index contributed by atoms with van der Waals surface area (Å²) >= 11 is 0. The first kappa shape index (κ1) is 13.5. The van der Waals surface area contributed by atoms with E-state index < -0.39 is 0 Å². The number of rotatable bonds is 7. The van der Waals surface area contributed by atoms with Gasteiger partial charge >= 0.3 is 5.97 Å². The van der Waals surface area contributed by atoms with Gasteiger partial charge in [0.05, 0.1) is 6.61 Å². The molecule has 0 bridgehead atoms. The number of hydrogen-bond donors (Lipinski definition) is 0. The van der Waals surface area contributed by atoms with Crippen LogP contribution in [0.15, 0.2) is 0 Å². The Kier molecular flexibility index (Phi) is 7.28. The van der Waals surface area contributed by atoms with E-state index in [0.29, 0.717) is 13.0 Å². The molecule has 0 spiro atoms. The molecule has 0 heterocycles. The highest BCUT2D eigenvalue weighted by Crippen LogP contribution is 2.27.